The number of nitrogens with two attached hydrogens (primary N) is 1. The summed E-state index contributed by atoms with van der Waals surface area (Å²) in [5.74, 6) is 0.237. The van der Waals surface area contributed by atoms with Crippen molar-refractivity contribution >= 4 is 11.9 Å². The summed E-state index contributed by atoms with van der Waals surface area (Å²) >= 11 is 0. The molecule has 84 valence electrons. The van der Waals surface area contributed by atoms with Gasteiger partial charge in [-0.1, -0.05) is 30.3 Å². The van der Waals surface area contributed by atoms with Crippen LogP contribution in [0, 0.1) is 0 Å². The van der Waals surface area contributed by atoms with Crippen LogP contribution in [0.4, 0.5) is 0 Å². The zero-order valence-corrected chi connectivity index (χ0v) is 9.10. The standard InChI is InChI=1S/C12H15N3O/c13-12-14-11(16)7-9-15(12)8-6-10-4-2-1-3-5-10/h1-5H,6-9H2,(H2,13,14,16). The van der Waals surface area contributed by atoms with Crippen molar-refractivity contribution in [2.45, 2.75) is 12.8 Å². The van der Waals surface area contributed by atoms with Crippen molar-refractivity contribution in [2.75, 3.05) is 13.1 Å². The number of hydrogen-bond donors (Lipinski definition) is 1. The minimum Gasteiger partial charge on any atom is -0.369 e. The minimum atomic E-state index is -0.117. The van der Waals surface area contributed by atoms with Gasteiger partial charge >= 0.3 is 0 Å². The summed E-state index contributed by atoms with van der Waals surface area (Å²) in [6.45, 7) is 1.49. The molecule has 4 heteroatoms. The van der Waals surface area contributed by atoms with E-state index in [2.05, 4.69) is 17.1 Å². The van der Waals surface area contributed by atoms with E-state index < -0.39 is 0 Å². The molecule has 16 heavy (non-hydrogen) atoms. The summed E-state index contributed by atoms with van der Waals surface area (Å²) < 4.78 is 0. The second kappa shape index (κ2) is 4.79. The van der Waals surface area contributed by atoms with Gasteiger partial charge in [-0.2, -0.15) is 4.99 Å². The van der Waals surface area contributed by atoms with Crippen LogP contribution < -0.4 is 5.73 Å². The Kier molecular flexibility index (Phi) is 3.19. The molecule has 1 aliphatic heterocycles. The van der Waals surface area contributed by atoms with Gasteiger partial charge in [-0.15, -0.1) is 0 Å². The van der Waals surface area contributed by atoms with Gasteiger partial charge in [0.2, 0.25) is 0 Å². The minimum absolute atomic E-state index is 0.117. The summed E-state index contributed by atoms with van der Waals surface area (Å²) in [6, 6.07) is 10.2. The molecule has 1 aromatic carbocycles. The van der Waals surface area contributed by atoms with E-state index >= 15 is 0 Å². The highest BCUT2D eigenvalue weighted by atomic mass is 16.1. The summed E-state index contributed by atoms with van der Waals surface area (Å²) in [6.07, 6.45) is 1.39. The van der Waals surface area contributed by atoms with Gasteiger partial charge in [0, 0.05) is 19.5 Å². The first-order valence-electron chi connectivity index (χ1n) is 5.41. The number of hydrogen-bond acceptors (Lipinski definition) is 3. The third kappa shape index (κ3) is 2.59. The Balaban J connectivity index is 1.92. The smallest absolute Gasteiger partial charge is 0.250 e. The monoisotopic (exact) mass is 217 g/mol. The summed E-state index contributed by atoms with van der Waals surface area (Å²) in [5.41, 5.74) is 6.96. The first kappa shape index (κ1) is 10.7. The molecular weight excluding hydrogens is 202 g/mol. The molecule has 0 bridgehead atoms. The van der Waals surface area contributed by atoms with Gasteiger partial charge < -0.3 is 10.6 Å². The van der Waals surface area contributed by atoms with Gasteiger partial charge in [0.1, 0.15) is 0 Å². The Labute approximate surface area is 94.8 Å². The summed E-state index contributed by atoms with van der Waals surface area (Å²) in [5, 5.41) is 0. The zero-order chi connectivity index (χ0) is 11.4. The molecule has 0 aromatic heterocycles. The SMILES string of the molecule is NC1=NC(=O)CCN1CCc1ccccc1. The average Bonchev–Trinajstić information content (AvgIpc) is 2.29. The van der Waals surface area contributed by atoms with Crippen LogP contribution in [-0.2, 0) is 11.2 Å². The lowest BCUT2D eigenvalue weighted by Gasteiger charge is -2.25. The van der Waals surface area contributed by atoms with E-state index in [9.17, 15) is 4.79 Å². The van der Waals surface area contributed by atoms with Crippen LogP contribution in [0.15, 0.2) is 35.3 Å². The molecule has 1 aliphatic rings. The molecule has 0 radical (unpaired) electrons. The molecule has 0 fully saturated rings. The lowest BCUT2D eigenvalue weighted by Crippen LogP contribution is -2.43. The van der Waals surface area contributed by atoms with Gasteiger partial charge in [-0.3, -0.25) is 4.79 Å². The van der Waals surface area contributed by atoms with Gasteiger partial charge in [0.05, 0.1) is 0 Å². The highest BCUT2D eigenvalue weighted by Gasteiger charge is 2.16. The van der Waals surface area contributed by atoms with Crippen LogP contribution in [0.1, 0.15) is 12.0 Å². The van der Waals surface area contributed by atoms with Gasteiger partial charge in [0.15, 0.2) is 5.96 Å². The van der Waals surface area contributed by atoms with Crippen molar-refractivity contribution in [2.24, 2.45) is 10.7 Å². The largest absolute Gasteiger partial charge is 0.369 e. The van der Waals surface area contributed by atoms with E-state index in [-0.39, 0.29) is 5.91 Å². The average molecular weight is 217 g/mol. The first-order valence-corrected chi connectivity index (χ1v) is 5.41. The molecule has 1 heterocycles. The molecule has 0 saturated heterocycles. The van der Waals surface area contributed by atoms with Gasteiger partial charge in [-0.25, -0.2) is 0 Å². The van der Waals surface area contributed by atoms with Crippen LogP contribution in [0.2, 0.25) is 0 Å². The number of guanidine groups is 1. The molecule has 1 aromatic rings. The number of amides is 1. The third-order valence-electron chi connectivity index (χ3n) is 2.67. The molecule has 0 unspecified atom stereocenters. The van der Waals surface area contributed by atoms with Crippen LogP contribution in [0.3, 0.4) is 0 Å². The summed E-state index contributed by atoms with van der Waals surface area (Å²) in [4.78, 5) is 16.7. The fourth-order valence-corrected chi connectivity index (χ4v) is 1.73. The predicted octanol–water partition coefficient (Wildman–Crippen LogP) is 0.776. The molecule has 2 rings (SSSR count). The topological polar surface area (TPSA) is 58.7 Å². The van der Waals surface area contributed by atoms with Crippen molar-refractivity contribution in [3.63, 3.8) is 0 Å². The van der Waals surface area contributed by atoms with E-state index in [4.69, 9.17) is 5.73 Å². The van der Waals surface area contributed by atoms with Crippen LogP contribution in [-0.4, -0.2) is 29.9 Å². The number of nitrogens with zero attached hydrogens (tertiary/aromatic N) is 2. The van der Waals surface area contributed by atoms with Crippen molar-refractivity contribution in [3.05, 3.63) is 35.9 Å². The van der Waals surface area contributed by atoms with E-state index in [1.54, 1.807) is 0 Å². The number of aliphatic imine (C=N–C) groups is 1. The maximum absolute atomic E-state index is 11.0. The maximum atomic E-state index is 11.0. The van der Waals surface area contributed by atoms with Crippen molar-refractivity contribution in [3.8, 4) is 0 Å². The zero-order valence-electron chi connectivity index (χ0n) is 9.10. The molecule has 0 spiro atoms. The van der Waals surface area contributed by atoms with Crippen molar-refractivity contribution in [1.82, 2.24) is 4.90 Å². The number of carbonyl (C=O) groups excluding carboxylic acids is 1. The first-order chi connectivity index (χ1) is 7.75. The normalized spacial score (nSPS) is 16.1. The fraction of sp³-hybridized carbons (Fsp3) is 0.333. The predicted molar refractivity (Wildman–Crippen MR) is 63.0 cm³/mol. The van der Waals surface area contributed by atoms with Crippen molar-refractivity contribution in [1.29, 1.82) is 0 Å². The third-order valence-corrected chi connectivity index (χ3v) is 2.67. The number of carbonyl (C=O) groups is 1. The van der Waals surface area contributed by atoms with Gasteiger partial charge in [-0.05, 0) is 12.0 Å². The van der Waals surface area contributed by atoms with Crippen molar-refractivity contribution < 1.29 is 4.79 Å². The molecule has 1 amide bonds. The van der Waals surface area contributed by atoms with E-state index in [1.807, 2.05) is 23.1 Å². The molecule has 0 saturated carbocycles. The Hall–Kier alpha value is -1.84. The van der Waals surface area contributed by atoms with E-state index in [1.165, 1.54) is 5.56 Å². The lowest BCUT2D eigenvalue weighted by molar-refractivity contribution is -0.118. The lowest BCUT2D eigenvalue weighted by atomic mass is 10.1. The Bertz CT molecular complexity index is 400. The quantitative estimate of drug-likeness (QED) is 0.813. The van der Waals surface area contributed by atoms with Crippen LogP contribution >= 0.6 is 0 Å². The number of rotatable bonds is 3. The molecule has 0 atom stereocenters. The highest BCUT2D eigenvalue weighted by Crippen LogP contribution is 2.05. The maximum Gasteiger partial charge on any atom is 0.250 e. The highest BCUT2D eigenvalue weighted by molar-refractivity contribution is 5.94. The van der Waals surface area contributed by atoms with E-state index in [0.29, 0.717) is 18.9 Å². The van der Waals surface area contributed by atoms with Gasteiger partial charge in [0.25, 0.3) is 5.91 Å². The summed E-state index contributed by atoms with van der Waals surface area (Å²) in [7, 11) is 0. The van der Waals surface area contributed by atoms with E-state index in [0.717, 1.165) is 13.0 Å². The number of benzene rings is 1. The second-order valence-electron chi connectivity index (χ2n) is 3.84. The van der Waals surface area contributed by atoms with Crippen LogP contribution in [0.5, 0.6) is 0 Å². The second-order valence-corrected chi connectivity index (χ2v) is 3.84. The molecule has 2 N–H and O–H groups in total. The fourth-order valence-electron chi connectivity index (χ4n) is 1.73. The Morgan fingerprint density at radius 2 is 2.06 bits per heavy atom. The molecule has 4 nitrogen and oxygen atoms in total. The Morgan fingerprint density at radius 3 is 2.75 bits per heavy atom. The van der Waals surface area contributed by atoms with Crippen LogP contribution in [0.25, 0.3) is 0 Å². The Morgan fingerprint density at radius 1 is 1.31 bits per heavy atom. The molecule has 0 aliphatic carbocycles. The molecular formula is C12H15N3O.